The third kappa shape index (κ3) is 3.43. The zero-order valence-electron chi connectivity index (χ0n) is 17.7. The number of rotatable bonds is 4. The summed E-state index contributed by atoms with van der Waals surface area (Å²) in [6, 6.07) is 11.7. The normalized spacial score (nSPS) is 23.1. The Morgan fingerprint density at radius 3 is 3.00 bits per heavy atom. The van der Waals surface area contributed by atoms with E-state index in [9.17, 15) is 9.90 Å². The molecule has 1 fully saturated rings. The number of carbonyl (C=O) groups excluding carboxylic acids is 1. The number of nitrogens with zero attached hydrogens (tertiary/aromatic N) is 5. The number of fused-ring (bicyclic) bond motifs is 5. The van der Waals surface area contributed by atoms with Crippen LogP contribution in [-0.4, -0.2) is 61.0 Å². The molecule has 3 unspecified atom stereocenters. The summed E-state index contributed by atoms with van der Waals surface area (Å²) >= 11 is 3.60. The number of aromatic nitrogens is 4. The zero-order valence-corrected chi connectivity index (χ0v) is 19.3. The minimum absolute atomic E-state index is 0.0351. The molecule has 32 heavy (non-hydrogen) atoms. The highest BCUT2D eigenvalue weighted by Gasteiger charge is 2.53. The van der Waals surface area contributed by atoms with Gasteiger partial charge in [0.05, 0.1) is 30.1 Å². The van der Waals surface area contributed by atoms with Crippen molar-refractivity contribution in [2.45, 2.75) is 38.3 Å². The Balaban J connectivity index is 1.68. The second kappa shape index (κ2) is 8.04. The third-order valence-electron chi connectivity index (χ3n) is 5.63. The number of benzene rings is 1. The van der Waals surface area contributed by atoms with E-state index in [1.165, 1.54) is 0 Å². The lowest BCUT2D eigenvalue weighted by Crippen LogP contribution is -2.43. The highest BCUT2D eigenvalue weighted by atomic mass is 79.9. The van der Waals surface area contributed by atoms with Crippen molar-refractivity contribution in [3.05, 3.63) is 70.0 Å². The van der Waals surface area contributed by atoms with Gasteiger partial charge in [-0.1, -0.05) is 22.0 Å². The van der Waals surface area contributed by atoms with E-state index in [0.717, 1.165) is 21.4 Å². The molecule has 0 radical (unpaired) electrons. The van der Waals surface area contributed by atoms with Gasteiger partial charge in [0, 0.05) is 29.3 Å². The smallest absolute Gasteiger partial charge is 0.291 e. The van der Waals surface area contributed by atoms with Crippen LogP contribution in [0.15, 0.2) is 47.1 Å². The molecule has 9 nitrogen and oxygen atoms in total. The van der Waals surface area contributed by atoms with Crippen molar-refractivity contribution in [2.24, 2.45) is 0 Å². The number of aliphatic hydroxyl groups excluding tert-OH is 1. The van der Waals surface area contributed by atoms with E-state index in [1.54, 1.807) is 17.8 Å². The van der Waals surface area contributed by atoms with Gasteiger partial charge in [-0.25, -0.2) is 9.67 Å². The molecule has 3 atom stereocenters. The summed E-state index contributed by atoms with van der Waals surface area (Å²) < 4.78 is 9.21. The highest BCUT2D eigenvalue weighted by molar-refractivity contribution is 9.10. The molecule has 1 aromatic carbocycles. The molecule has 166 valence electrons. The van der Waals surface area contributed by atoms with E-state index in [-0.39, 0.29) is 18.5 Å². The first-order chi connectivity index (χ1) is 15.4. The maximum Gasteiger partial charge on any atom is 0.291 e. The van der Waals surface area contributed by atoms with Crippen molar-refractivity contribution in [1.82, 2.24) is 30.0 Å². The highest BCUT2D eigenvalue weighted by Crippen LogP contribution is 2.47. The average Bonchev–Trinajstić information content (AvgIpc) is 3.32. The Bertz CT molecular complexity index is 1170. The zero-order chi connectivity index (χ0) is 22.5. The van der Waals surface area contributed by atoms with Crippen LogP contribution in [0.4, 0.5) is 0 Å². The predicted molar refractivity (Wildman–Crippen MR) is 119 cm³/mol. The number of halogens is 1. The van der Waals surface area contributed by atoms with Crippen molar-refractivity contribution in [1.29, 1.82) is 0 Å². The van der Waals surface area contributed by atoms with Gasteiger partial charge in [0.1, 0.15) is 5.82 Å². The van der Waals surface area contributed by atoms with E-state index in [1.807, 2.05) is 43.3 Å². The molecule has 1 amide bonds. The Labute approximate surface area is 193 Å². The molecule has 0 bridgehead atoms. The van der Waals surface area contributed by atoms with Gasteiger partial charge in [-0.2, -0.15) is 0 Å². The van der Waals surface area contributed by atoms with Crippen LogP contribution in [0.3, 0.4) is 0 Å². The molecule has 2 aliphatic heterocycles. The van der Waals surface area contributed by atoms with Crippen LogP contribution < -0.4 is 5.32 Å². The van der Waals surface area contributed by atoms with E-state index in [2.05, 4.69) is 41.2 Å². The second-order valence-electron chi connectivity index (χ2n) is 8.15. The standard InChI is InChI=1S/C22H23BrN6O3/c1-13(30)10-25-21(31)20-26-19-12-28-11-14(2)32-22(28,18-5-3-4-8-24-18)16-9-15(23)6-7-17(16)29(19)27-20/h3-9,13-14,30H,10-12H2,1-2H3,(H,25,31). The molecular formula is C22H23BrN6O3. The van der Waals surface area contributed by atoms with Gasteiger partial charge in [-0.3, -0.25) is 14.7 Å². The summed E-state index contributed by atoms with van der Waals surface area (Å²) in [5, 5.41) is 16.7. The van der Waals surface area contributed by atoms with Crippen LogP contribution in [0.1, 0.15) is 41.5 Å². The number of carbonyl (C=O) groups is 1. The van der Waals surface area contributed by atoms with Gasteiger partial charge >= 0.3 is 0 Å². The number of ether oxygens (including phenoxy) is 1. The predicted octanol–water partition coefficient (Wildman–Crippen LogP) is 1.97. The topological polar surface area (TPSA) is 105 Å². The third-order valence-corrected chi connectivity index (χ3v) is 6.12. The van der Waals surface area contributed by atoms with Gasteiger partial charge in [0.25, 0.3) is 5.91 Å². The van der Waals surface area contributed by atoms with E-state index in [0.29, 0.717) is 18.9 Å². The minimum atomic E-state index is -0.906. The molecule has 2 aromatic heterocycles. The molecule has 0 spiro atoms. The summed E-state index contributed by atoms with van der Waals surface area (Å²) in [5.74, 6) is 0.270. The van der Waals surface area contributed by atoms with Gasteiger partial charge in [-0.05, 0) is 44.2 Å². The Morgan fingerprint density at radius 1 is 1.41 bits per heavy atom. The Kier molecular flexibility index (Phi) is 5.32. The lowest BCUT2D eigenvalue weighted by Gasteiger charge is -2.36. The monoisotopic (exact) mass is 498 g/mol. The van der Waals surface area contributed by atoms with Crippen molar-refractivity contribution < 1.29 is 14.6 Å². The fourth-order valence-corrected chi connectivity index (χ4v) is 4.73. The molecule has 2 aliphatic rings. The first-order valence-electron chi connectivity index (χ1n) is 10.5. The Hall–Kier alpha value is -2.66. The van der Waals surface area contributed by atoms with Gasteiger partial charge in [0.15, 0.2) is 5.72 Å². The Morgan fingerprint density at radius 2 is 2.25 bits per heavy atom. The van der Waals surface area contributed by atoms with Crippen LogP contribution in [0.5, 0.6) is 0 Å². The fourth-order valence-electron chi connectivity index (χ4n) is 4.37. The number of pyridine rings is 1. The molecule has 3 aromatic rings. The molecule has 0 saturated carbocycles. The first kappa shape index (κ1) is 21.2. The maximum atomic E-state index is 12.6. The van der Waals surface area contributed by atoms with Crippen molar-refractivity contribution >= 4 is 21.8 Å². The number of amides is 1. The van der Waals surface area contributed by atoms with Gasteiger partial charge in [0.2, 0.25) is 5.82 Å². The molecule has 5 rings (SSSR count). The number of nitrogens with one attached hydrogen (secondary N) is 1. The van der Waals surface area contributed by atoms with Crippen LogP contribution in [0.2, 0.25) is 0 Å². The van der Waals surface area contributed by atoms with E-state index >= 15 is 0 Å². The summed E-state index contributed by atoms with van der Waals surface area (Å²) in [4.78, 5) is 24.0. The van der Waals surface area contributed by atoms with E-state index < -0.39 is 17.7 Å². The molecule has 0 aliphatic carbocycles. The van der Waals surface area contributed by atoms with Crippen LogP contribution in [-0.2, 0) is 17.0 Å². The lowest BCUT2D eigenvalue weighted by molar-refractivity contribution is -0.0790. The van der Waals surface area contributed by atoms with Gasteiger partial charge in [-0.15, -0.1) is 5.10 Å². The van der Waals surface area contributed by atoms with Crippen LogP contribution in [0.25, 0.3) is 5.69 Å². The number of aliphatic hydroxyl groups is 1. The summed E-state index contributed by atoms with van der Waals surface area (Å²) in [5.41, 5.74) is 1.52. The average molecular weight is 499 g/mol. The minimum Gasteiger partial charge on any atom is -0.392 e. The van der Waals surface area contributed by atoms with Crippen LogP contribution >= 0.6 is 15.9 Å². The van der Waals surface area contributed by atoms with Crippen LogP contribution in [0, 0.1) is 0 Å². The number of hydrogen-bond donors (Lipinski definition) is 2. The summed E-state index contributed by atoms with van der Waals surface area (Å²) in [7, 11) is 0. The summed E-state index contributed by atoms with van der Waals surface area (Å²) in [6.45, 7) is 4.86. The molecule has 1 saturated heterocycles. The van der Waals surface area contributed by atoms with Crippen molar-refractivity contribution in [3.63, 3.8) is 0 Å². The summed E-state index contributed by atoms with van der Waals surface area (Å²) in [6.07, 6.45) is 1.07. The molecular weight excluding hydrogens is 476 g/mol. The van der Waals surface area contributed by atoms with Gasteiger partial charge < -0.3 is 15.2 Å². The first-order valence-corrected chi connectivity index (χ1v) is 11.2. The van der Waals surface area contributed by atoms with E-state index in [4.69, 9.17) is 4.74 Å². The largest absolute Gasteiger partial charge is 0.392 e. The van der Waals surface area contributed by atoms with Crippen molar-refractivity contribution in [3.8, 4) is 5.69 Å². The SMILES string of the molecule is CC(O)CNC(=O)c1nc2n(n1)-c1ccc(Br)cc1C1(c3ccccn3)OC(C)CN1C2. The lowest BCUT2D eigenvalue weighted by atomic mass is 9.95. The number of hydrogen-bond acceptors (Lipinski definition) is 7. The molecule has 2 N–H and O–H groups in total. The molecule has 4 heterocycles. The molecule has 10 heteroatoms. The quantitative estimate of drug-likeness (QED) is 0.566. The fraction of sp³-hybridized carbons (Fsp3) is 0.364. The van der Waals surface area contributed by atoms with Crippen molar-refractivity contribution in [2.75, 3.05) is 13.1 Å². The maximum absolute atomic E-state index is 12.6. The second-order valence-corrected chi connectivity index (χ2v) is 9.07.